The molecular weight excluding hydrogens is 262 g/mol. The first kappa shape index (κ1) is 12.9. The van der Waals surface area contributed by atoms with Crippen molar-refractivity contribution >= 4 is 29.6 Å². The molecule has 2 rings (SSSR count). The molecule has 1 unspecified atom stereocenters. The highest BCUT2D eigenvalue weighted by Crippen LogP contribution is 2.44. The summed E-state index contributed by atoms with van der Waals surface area (Å²) in [5.41, 5.74) is -0.0190. The van der Waals surface area contributed by atoms with E-state index >= 15 is 0 Å². The summed E-state index contributed by atoms with van der Waals surface area (Å²) in [6.45, 7) is -0.211. The predicted molar refractivity (Wildman–Crippen MR) is 60.3 cm³/mol. The molecule has 18 heavy (non-hydrogen) atoms. The average Bonchev–Trinajstić information content (AvgIpc) is 2.69. The Balaban J connectivity index is 1.88. The molecule has 0 aromatic heterocycles. The minimum absolute atomic E-state index is 0.0190. The van der Waals surface area contributed by atoms with Gasteiger partial charge in [-0.05, 0) is 0 Å². The smallest absolute Gasteiger partial charge is 0.353 e. The van der Waals surface area contributed by atoms with Crippen molar-refractivity contribution in [1.29, 1.82) is 0 Å². The van der Waals surface area contributed by atoms with E-state index in [1.54, 1.807) is 0 Å². The number of fused-ring (bicyclic) bond motifs is 1. The summed E-state index contributed by atoms with van der Waals surface area (Å²) in [6.07, 6.45) is 0. The number of thioether (sulfide) groups is 1. The van der Waals surface area contributed by atoms with Gasteiger partial charge in [-0.1, -0.05) is 0 Å². The largest absolute Gasteiger partial charge is 0.477 e. The van der Waals surface area contributed by atoms with E-state index in [2.05, 4.69) is 4.74 Å². The van der Waals surface area contributed by atoms with Crippen LogP contribution in [0.25, 0.3) is 0 Å². The molecule has 1 amide bonds. The first-order chi connectivity index (χ1) is 8.56. The zero-order valence-electron chi connectivity index (χ0n) is 9.49. The van der Waals surface area contributed by atoms with Crippen LogP contribution >= 0.6 is 11.8 Å². The lowest BCUT2D eigenvalue weighted by Crippen LogP contribution is -2.59. The van der Waals surface area contributed by atoms with Gasteiger partial charge in [0.2, 0.25) is 5.91 Å². The molecule has 1 fully saturated rings. The first-order valence-electron chi connectivity index (χ1n) is 5.13. The third-order valence-corrected chi connectivity index (χ3v) is 3.81. The lowest BCUT2D eigenvalue weighted by atomic mass is 9.98. The third-order valence-electron chi connectivity index (χ3n) is 2.64. The molecule has 2 heterocycles. The van der Waals surface area contributed by atoms with Crippen molar-refractivity contribution in [3.63, 3.8) is 0 Å². The van der Waals surface area contributed by atoms with E-state index in [1.807, 2.05) is 0 Å². The second kappa shape index (κ2) is 4.99. The minimum Gasteiger partial charge on any atom is -0.477 e. The Labute approximate surface area is 107 Å². The predicted octanol–water partition coefficient (Wildman–Crippen LogP) is -0.367. The van der Waals surface area contributed by atoms with Crippen LogP contribution in [-0.2, 0) is 23.9 Å². The number of aliphatic carboxylic acids is 1. The Hall–Kier alpha value is -1.54. The number of carboxylic acid groups (broad SMARTS) is 1. The Bertz CT molecular complexity index is 434. The van der Waals surface area contributed by atoms with Crippen molar-refractivity contribution in [3.8, 4) is 0 Å². The fourth-order valence-electron chi connectivity index (χ4n) is 1.78. The molecule has 98 valence electrons. The van der Waals surface area contributed by atoms with Gasteiger partial charge in [-0.25, -0.2) is 9.59 Å². The van der Waals surface area contributed by atoms with Crippen LogP contribution in [0.15, 0.2) is 11.1 Å². The quantitative estimate of drug-likeness (QED) is 0.539. The van der Waals surface area contributed by atoms with Crippen LogP contribution in [-0.4, -0.2) is 53.5 Å². The number of nitrogens with zero attached hydrogens (tertiary/aromatic N) is 1. The van der Waals surface area contributed by atoms with Gasteiger partial charge in [-0.3, -0.25) is 9.69 Å². The molecule has 1 N–H and O–H groups in total. The zero-order valence-corrected chi connectivity index (χ0v) is 10.3. The molecular formula is C10H11NO6S. The number of ether oxygens (including phenoxy) is 2. The normalized spacial score (nSPS) is 25.3. The molecule has 1 saturated heterocycles. The van der Waals surface area contributed by atoms with Gasteiger partial charge >= 0.3 is 11.9 Å². The van der Waals surface area contributed by atoms with Gasteiger partial charge in [0.25, 0.3) is 0 Å². The summed E-state index contributed by atoms with van der Waals surface area (Å²) in [5.74, 6) is -2.49. The standard InChI is InChI=1S/C10H11NO6S/c1-16-3-7(12)17-2-5-8(13)11-6(10(14)15)4-18-9(5)11/h4-5,9H,2-3H2,1H3,(H,14,15)/t5?,9-/m0/s1. The number of esters is 1. The Morgan fingerprint density at radius 1 is 1.56 bits per heavy atom. The highest BCUT2D eigenvalue weighted by atomic mass is 32.2. The van der Waals surface area contributed by atoms with E-state index in [1.165, 1.54) is 29.2 Å². The van der Waals surface area contributed by atoms with Gasteiger partial charge in [-0.2, -0.15) is 0 Å². The van der Waals surface area contributed by atoms with Crippen LogP contribution in [0.5, 0.6) is 0 Å². The number of carboxylic acids is 1. The second-order valence-electron chi connectivity index (χ2n) is 3.77. The molecule has 8 heteroatoms. The summed E-state index contributed by atoms with van der Waals surface area (Å²) in [5, 5.41) is 10.0. The van der Waals surface area contributed by atoms with Gasteiger partial charge in [0.15, 0.2) is 0 Å². The molecule has 2 aliphatic rings. The van der Waals surface area contributed by atoms with Gasteiger partial charge in [0.05, 0.1) is 0 Å². The number of amides is 1. The number of methoxy groups -OCH3 is 1. The summed E-state index contributed by atoms with van der Waals surface area (Å²) in [4.78, 5) is 34.8. The lowest BCUT2D eigenvalue weighted by molar-refractivity contribution is -0.161. The maximum Gasteiger partial charge on any atom is 0.353 e. The number of β-lactam (4-membered cyclic amide) rings is 1. The number of hydrogen-bond acceptors (Lipinski definition) is 6. The van der Waals surface area contributed by atoms with Crippen LogP contribution in [0, 0.1) is 5.92 Å². The van der Waals surface area contributed by atoms with Crippen LogP contribution in [0.1, 0.15) is 0 Å². The van der Waals surface area contributed by atoms with Gasteiger partial charge < -0.3 is 14.6 Å². The van der Waals surface area contributed by atoms with Crippen molar-refractivity contribution in [1.82, 2.24) is 4.90 Å². The minimum atomic E-state index is -1.13. The van der Waals surface area contributed by atoms with Gasteiger partial charge in [0, 0.05) is 12.5 Å². The maximum atomic E-state index is 11.7. The third kappa shape index (κ3) is 2.08. The van der Waals surface area contributed by atoms with Crippen molar-refractivity contribution < 1.29 is 29.0 Å². The van der Waals surface area contributed by atoms with Gasteiger partial charge in [0.1, 0.15) is 30.2 Å². The van der Waals surface area contributed by atoms with Crippen LogP contribution in [0.3, 0.4) is 0 Å². The van der Waals surface area contributed by atoms with Crippen LogP contribution in [0.2, 0.25) is 0 Å². The van der Waals surface area contributed by atoms with E-state index in [4.69, 9.17) is 9.84 Å². The summed E-state index contributed by atoms with van der Waals surface area (Å²) in [7, 11) is 1.37. The number of hydrogen-bond donors (Lipinski definition) is 1. The Morgan fingerprint density at radius 2 is 2.28 bits per heavy atom. The van der Waals surface area contributed by atoms with Crippen molar-refractivity contribution in [2.24, 2.45) is 5.92 Å². The fourth-order valence-corrected chi connectivity index (χ4v) is 2.98. The molecule has 0 saturated carbocycles. The topological polar surface area (TPSA) is 93.1 Å². The van der Waals surface area contributed by atoms with Crippen LogP contribution < -0.4 is 0 Å². The molecule has 0 aromatic rings. The van der Waals surface area contributed by atoms with E-state index in [9.17, 15) is 14.4 Å². The summed E-state index contributed by atoms with van der Waals surface area (Å²) >= 11 is 1.25. The van der Waals surface area contributed by atoms with E-state index in [0.29, 0.717) is 0 Å². The van der Waals surface area contributed by atoms with Crippen molar-refractivity contribution in [3.05, 3.63) is 11.1 Å². The fraction of sp³-hybridized carbons (Fsp3) is 0.500. The molecule has 7 nitrogen and oxygen atoms in total. The average molecular weight is 273 g/mol. The second-order valence-corrected chi connectivity index (χ2v) is 4.76. The van der Waals surface area contributed by atoms with E-state index < -0.39 is 17.9 Å². The molecule has 2 aliphatic heterocycles. The van der Waals surface area contributed by atoms with Crippen LogP contribution in [0.4, 0.5) is 0 Å². The summed E-state index contributed by atoms with van der Waals surface area (Å²) < 4.78 is 9.45. The van der Waals surface area contributed by atoms with Crippen molar-refractivity contribution in [2.75, 3.05) is 20.3 Å². The highest BCUT2D eigenvalue weighted by Gasteiger charge is 2.53. The molecule has 0 aromatic carbocycles. The number of rotatable bonds is 5. The zero-order chi connectivity index (χ0) is 13.3. The van der Waals surface area contributed by atoms with E-state index in [-0.39, 0.29) is 30.2 Å². The highest BCUT2D eigenvalue weighted by molar-refractivity contribution is 8.03. The van der Waals surface area contributed by atoms with Crippen molar-refractivity contribution in [2.45, 2.75) is 5.37 Å². The Morgan fingerprint density at radius 3 is 2.89 bits per heavy atom. The molecule has 0 aliphatic carbocycles. The van der Waals surface area contributed by atoms with E-state index in [0.717, 1.165) is 0 Å². The molecule has 0 bridgehead atoms. The first-order valence-corrected chi connectivity index (χ1v) is 6.07. The molecule has 2 atom stereocenters. The van der Waals surface area contributed by atoms with Gasteiger partial charge in [-0.15, -0.1) is 11.8 Å². The number of carbonyl (C=O) groups is 3. The SMILES string of the molecule is COCC(=O)OCC1C(=O)N2C(C(=O)O)=CS[C@@H]12. The number of carbonyl (C=O) groups excluding carboxylic acids is 2. The monoisotopic (exact) mass is 273 g/mol. The molecule has 0 spiro atoms. The lowest BCUT2D eigenvalue weighted by Gasteiger charge is -2.41. The maximum absolute atomic E-state index is 11.7. The summed E-state index contributed by atoms with van der Waals surface area (Å²) in [6, 6.07) is 0. The Kier molecular flexibility index (Phi) is 3.58. The molecule has 0 radical (unpaired) electrons.